The first-order valence-corrected chi connectivity index (χ1v) is 6.44. The van der Waals surface area contributed by atoms with E-state index in [2.05, 4.69) is 0 Å². The average molecular weight is 273 g/mol. The molecule has 1 aromatic rings. The Balaban J connectivity index is 2.44. The molecule has 0 heterocycles. The zero-order chi connectivity index (χ0) is 14.1. The Kier molecular flexibility index (Phi) is 3.87. The molecule has 2 nitrogen and oxygen atoms in total. The van der Waals surface area contributed by atoms with Crippen LogP contribution in [0.25, 0.3) is 0 Å². The number of aliphatic hydroxyl groups is 1. The van der Waals surface area contributed by atoms with Gasteiger partial charge in [-0.2, -0.15) is 13.2 Å². The lowest BCUT2D eigenvalue weighted by molar-refractivity contribution is -0.139. The van der Waals surface area contributed by atoms with Crippen LogP contribution in [0.5, 0.6) is 0 Å². The van der Waals surface area contributed by atoms with Gasteiger partial charge in [0.25, 0.3) is 0 Å². The maximum Gasteiger partial charge on any atom is 0.416 e. The fraction of sp³-hybridized carbons (Fsp3) is 0.571. The van der Waals surface area contributed by atoms with Gasteiger partial charge in [0.1, 0.15) is 0 Å². The van der Waals surface area contributed by atoms with Crippen molar-refractivity contribution in [3.8, 4) is 0 Å². The molecule has 2 rings (SSSR count). The second-order valence-corrected chi connectivity index (χ2v) is 5.26. The van der Waals surface area contributed by atoms with Crippen LogP contribution in [0.3, 0.4) is 0 Å². The molecule has 1 aliphatic rings. The fourth-order valence-electron chi connectivity index (χ4n) is 2.93. The lowest BCUT2D eigenvalue weighted by Gasteiger charge is -2.40. The predicted molar refractivity (Wildman–Crippen MR) is 66.7 cm³/mol. The van der Waals surface area contributed by atoms with Gasteiger partial charge in [-0.25, -0.2) is 0 Å². The Morgan fingerprint density at radius 1 is 1.21 bits per heavy atom. The van der Waals surface area contributed by atoms with E-state index < -0.39 is 23.3 Å². The van der Waals surface area contributed by atoms with Gasteiger partial charge in [0.15, 0.2) is 0 Å². The molecular formula is C14H18F3NO. The monoisotopic (exact) mass is 273 g/mol. The number of rotatable bonds is 2. The van der Waals surface area contributed by atoms with E-state index in [-0.39, 0.29) is 12.1 Å². The van der Waals surface area contributed by atoms with Crippen LogP contribution < -0.4 is 5.73 Å². The molecule has 0 atom stereocenters. The molecule has 5 heteroatoms. The van der Waals surface area contributed by atoms with Gasteiger partial charge in [0, 0.05) is 12.0 Å². The molecule has 0 spiro atoms. The predicted octanol–water partition coefficient (Wildman–Crippen LogP) is 2.84. The van der Waals surface area contributed by atoms with E-state index in [1.807, 2.05) is 0 Å². The van der Waals surface area contributed by atoms with E-state index in [0.717, 1.165) is 6.07 Å². The average Bonchev–Trinajstić information content (AvgIpc) is 2.39. The highest BCUT2D eigenvalue weighted by atomic mass is 19.4. The maximum atomic E-state index is 13.1. The van der Waals surface area contributed by atoms with Gasteiger partial charge >= 0.3 is 6.18 Å². The molecule has 0 bridgehead atoms. The molecule has 0 aliphatic heterocycles. The van der Waals surface area contributed by atoms with E-state index in [9.17, 15) is 18.3 Å². The third kappa shape index (κ3) is 2.77. The van der Waals surface area contributed by atoms with Crippen molar-refractivity contribution in [1.29, 1.82) is 0 Å². The SMILES string of the molecule is NCC1(c2ccccc2C(F)(F)F)CCC(O)CC1. The summed E-state index contributed by atoms with van der Waals surface area (Å²) < 4.78 is 39.3. The highest BCUT2D eigenvalue weighted by Gasteiger charge is 2.42. The van der Waals surface area contributed by atoms with Crippen LogP contribution in [-0.2, 0) is 11.6 Å². The highest BCUT2D eigenvalue weighted by Crippen LogP contribution is 2.44. The minimum Gasteiger partial charge on any atom is -0.393 e. The number of hydrogen-bond donors (Lipinski definition) is 2. The van der Waals surface area contributed by atoms with Crippen molar-refractivity contribution in [2.75, 3.05) is 6.54 Å². The summed E-state index contributed by atoms with van der Waals surface area (Å²) in [6.07, 6.45) is -2.78. The van der Waals surface area contributed by atoms with Gasteiger partial charge in [0.05, 0.1) is 11.7 Å². The summed E-state index contributed by atoms with van der Waals surface area (Å²) in [5, 5.41) is 9.55. The molecule has 3 N–H and O–H groups in total. The van der Waals surface area contributed by atoms with Crippen LogP contribution in [0.2, 0.25) is 0 Å². The first kappa shape index (κ1) is 14.3. The second kappa shape index (κ2) is 5.13. The number of alkyl halides is 3. The lowest BCUT2D eigenvalue weighted by Crippen LogP contribution is -2.41. The second-order valence-electron chi connectivity index (χ2n) is 5.26. The van der Waals surface area contributed by atoms with Gasteiger partial charge in [-0.05, 0) is 37.3 Å². The summed E-state index contributed by atoms with van der Waals surface area (Å²) >= 11 is 0. The topological polar surface area (TPSA) is 46.2 Å². The standard InChI is InChI=1S/C14H18F3NO/c15-14(16,17)12-4-2-1-3-11(12)13(9-18)7-5-10(19)6-8-13/h1-4,10,19H,5-9,18H2. The molecular weight excluding hydrogens is 255 g/mol. The van der Waals surface area contributed by atoms with Crippen LogP contribution in [0.15, 0.2) is 24.3 Å². The van der Waals surface area contributed by atoms with E-state index in [1.165, 1.54) is 12.1 Å². The largest absolute Gasteiger partial charge is 0.416 e. The number of hydrogen-bond acceptors (Lipinski definition) is 2. The molecule has 1 aromatic carbocycles. The molecule has 0 radical (unpaired) electrons. The van der Waals surface area contributed by atoms with Gasteiger partial charge in [-0.1, -0.05) is 18.2 Å². The van der Waals surface area contributed by atoms with E-state index >= 15 is 0 Å². The van der Waals surface area contributed by atoms with Gasteiger partial charge in [-0.3, -0.25) is 0 Å². The lowest BCUT2D eigenvalue weighted by atomic mass is 9.67. The third-order valence-electron chi connectivity index (χ3n) is 4.11. The summed E-state index contributed by atoms with van der Waals surface area (Å²) in [6.45, 7) is 0.173. The van der Waals surface area contributed by atoms with Crippen LogP contribution in [0.4, 0.5) is 13.2 Å². The van der Waals surface area contributed by atoms with Crippen LogP contribution in [0.1, 0.15) is 36.8 Å². The minimum atomic E-state index is -4.37. The number of nitrogens with two attached hydrogens (primary N) is 1. The molecule has 0 saturated heterocycles. The zero-order valence-electron chi connectivity index (χ0n) is 10.6. The molecule has 1 aliphatic carbocycles. The molecule has 19 heavy (non-hydrogen) atoms. The van der Waals surface area contributed by atoms with Crippen molar-refractivity contribution in [3.63, 3.8) is 0 Å². The van der Waals surface area contributed by atoms with Gasteiger partial charge in [0.2, 0.25) is 0 Å². The molecule has 0 aromatic heterocycles. The quantitative estimate of drug-likeness (QED) is 0.870. The fourth-order valence-corrected chi connectivity index (χ4v) is 2.93. The number of halogens is 3. The smallest absolute Gasteiger partial charge is 0.393 e. The van der Waals surface area contributed by atoms with Crippen molar-refractivity contribution in [2.45, 2.75) is 43.4 Å². The van der Waals surface area contributed by atoms with Crippen molar-refractivity contribution >= 4 is 0 Å². The molecule has 0 unspecified atom stereocenters. The first-order valence-electron chi connectivity index (χ1n) is 6.44. The molecule has 106 valence electrons. The molecule has 1 fully saturated rings. The van der Waals surface area contributed by atoms with E-state index in [4.69, 9.17) is 5.73 Å². The minimum absolute atomic E-state index is 0.173. The van der Waals surface area contributed by atoms with E-state index in [1.54, 1.807) is 6.07 Å². The van der Waals surface area contributed by atoms with Crippen molar-refractivity contribution in [3.05, 3.63) is 35.4 Å². The summed E-state index contributed by atoms with van der Waals surface area (Å²) in [7, 11) is 0. The maximum absolute atomic E-state index is 13.1. The Morgan fingerprint density at radius 2 is 1.79 bits per heavy atom. The summed E-state index contributed by atoms with van der Waals surface area (Å²) in [6, 6.07) is 5.65. The van der Waals surface area contributed by atoms with Crippen molar-refractivity contribution in [1.82, 2.24) is 0 Å². The van der Waals surface area contributed by atoms with E-state index in [0.29, 0.717) is 25.7 Å². The first-order chi connectivity index (χ1) is 8.89. The number of aliphatic hydroxyl groups excluding tert-OH is 1. The summed E-state index contributed by atoms with van der Waals surface area (Å²) in [5.74, 6) is 0. The Morgan fingerprint density at radius 3 is 2.32 bits per heavy atom. The molecule has 0 amide bonds. The summed E-state index contributed by atoms with van der Waals surface area (Å²) in [4.78, 5) is 0. The van der Waals surface area contributed by atoms with Crippen LogP contribution in [-0.4, -0.2) is 17.8 Å². The molecule has 1 saturated carbocycles. The Bertz CT molecular complexity index is 437. The Labute approximate surface area is 110 Å². The van der Waals surface area contributed by atoms with Gasteiger partial charge in [-0.15, -0.1) is 0 Å². The van der Waals surface area contributed by atoms with Crippen LogP contribution >= 0.6 is 0 Å². The normalized spacial score (nSPS) is 28.4. The van der Waals surface area contributed by atoms with Crippen molar-refractivity contribution < 1.29 is 18.3 Å². The Hall–Kier alpha value is -1.07. The number of benzene rings is 1. The summed E-state index contributed by atoms with van der Waals surface area (Å²) in [5.41, 5.74) is 4.79. The third-order valence-corrected chi connectivity index (χ3v) is 4.11. The van der Waals surface area contributed by atoms with Gasteiger partial charge < -0.3 is 10.8 Å². The highest BCUT2D eigenvalue weighted by molar-refractivity contribution is 5.37. The van der Waals surface area contributed by atoms with Crippen molar-refractivity contribution in [2.24, 2.45) is 5.73 Å². The zero-order valence-corrected chi connectivity index (χ0v) is 10.6. The van der Waals surface area contributed by atoms with Crippen LogP contribution in [0, 0.1) is 0 Å².